The van der Waals surface area contributed by atoms with E-state index in [-0.39, 0.29) is 23.8 Å². The zero-order valence-electron chi connectivity index (χ0n) is 13.9. The Labute approximate surface area is 137 Å². The first-order valence-corrected chi connectivity index (χ1v) is 8.05. The molecule has 2 rings (SSSR count). The summed E-state index contributed by atoms with van der Waals surface area (Å²) in [5.41, 5.74) is 2.04. The minimum absolute atomic E-state index is 0.0514. The number of ether oxygens (including phenoxy) is 1. The number of rotatable bonds is 7. The van der Waals surface area contributed by atoms with Gasteiger partial charge in [0.05, 0.1) is 11.4 Å². The van der Waals surface area contributed by atoms with Crippen LogP contribution in [0.15, 0.2) is 18.2 Å². The Hall–Kier alpha value is -2.08. The second kappa shape index (κ2) is 7.97. The van der Waals surface area contributed by atoms with Gasteiger partial charge >= 0.3 is 0 Å². The van der Waals surface area contributed by atoms with E-state index in [4.69, 9.17) is 4.74 Å². The molecule has 0 aliphatic carbocycles. The van der Waals surface area contributed by atoms with Gasteiger partial charge in [-0.05, 0) is 30.5 Å². The van der Waals surface area contributed by atoms with Crippen LogP contribution in [0.4, 0.5) is 11.4 Å². The molecule has 126 valence electrons. The van der Waals surface area contributed by atoms with E-state index in [0.29, 0.717) is 24.4 Å². The molecule has 0 aromatic heterocycles. The van der Waals surface area contributed by atoms with Crippen molar-refractivity contribution < 1.29 is 14.3 Å². The molecule has 6 heteroatoms. The topological polar surface area (TPSA) is 79.5 Å². The summed E-state index contributed by atoms with van der Waals surface area (Å²) in [4.78, 5) is 24.3. The quantitative estimate of drug-likeness (QED) is 0.673. The summed E-state index contributed by atoms with van der Waals surface area (Å²) < 4.78 is 4.95. The predicted molar refractivity (Wildman–Crippen MR) is 90.8 cm³/mol. The zero-order valence-corrected chi connectivity index (χ0v) is 13.9. The van der Waals surface area contributed by atoms with E-state index < -0.39 is 0 Å². The molecule has 0 saturated carbocycles. The van der Waals surface area contributed by atoms with Crippen LogP contribution >= 0.6 is 0 Å². The third kappa shape index (κ3) is 4.22. The molecule has 1 heterocycles. The smallest absolute Gasteiger partial charge is 0.251 e. The highest BCUT2D eigenvalue weighted by Crippen LogP contribution is 2.30. The average molecular weight is 319 g/mol. The van der Waals surface area contributed by atoms with Gasteiger partial charge in [-0.15, -0.1) is 0 Å². The summed E-state index contributed by atoms with van der Waals surface area (Å²) in [5, 5.41) is 8.99. The molecule has 2 atom stereocenters. The summed E-state index contributed by atoms with van der Waals surface area (Å²) in [6.07, 6.45) is 1.68. The average Bonchev–Trinajstić information content (AvgIpc) is 2.56. The number of nitrogens with one attached hydrogen (secondary N) is 3. The fraction of sp³-hybridized carbons (Fsp3) is 0.529. The van der Waals surface area contributed by atoms with E-state index in [1.54, 1.807) is 19.2 Å². The normalized spacial score (nSPS) is 17.7. The highest BCUT2D eigenvalue weighted by atomic mass is 16.5. The number of carbonyl (C=O) groups is 2. The molecule has 3 N–H and O–H groups in total. The molecular weight excluding hydrogens is 294 g/mol. The minimum Gasteiger partial charge on any atom is -0.385 e. The standard InChI is InChI=1S/C17H25N3O3/c1-4-11(2)15-17(22)20-14-10-12(6-7-13(14)19-15)16(21)18-8-5-9-23-3/h6-7,10-11,15,19H,4-5,8-9H2,1-3H3,(H,18,21)(H,20,22)/t11-,15+/m0/s1. The van der Waals surface area contributed by atoms with E-state index in [1.165, 1.54) is 0 Å². The van der Waals surface area contributed by atoms with Gasteiger partial charge in [0.1, 0.15) is 6.04 Å². The lowest BCUT2D eigenvalue weighted by Crippen LogP contribution is -2.43. The van der Waals surface area contributed by atoms with Crippen LogP contribution in [0.5, 0.6) is 0 Å². The van der Waals surface area contributed by atoms with Crippen molar-refractivity contribution in [2.75, 3.05) is 30.9 Å². The van der Waals surface area contributed by atoms with E-state index >= 15 is 0 Å². The van der Waals surface area contributed by atoms with Gasteiger partial charge in [-0.1, -0.05) is 20.3 Å². The molecule has 0 spiro atoms. The molecule has 0 bridgehead atoms. The van der Waals surface area contributed by atoms with Gasteiger partial charge in [-0.2, -0.15) is 0 Å². The van der Waals surface area contributed by atoms with Crippen LogP contribution in [-0.4, -0.2) is 38.1 Å². The highest BCUT2D eigenvalue weighted by molar-refractivity contribution is 6.05. The summed E-state index contributed by atoms with van der Waals surface area (Å²) in [5.74, 6) is 0.0404. The summed E-state index contributed by atoms with van der Waals surface area (Å²) in [6.45, 7) is 5.28. The molecule has 0 radical (unpaired) electrons. The fourth-order valence-electron chi connectivity index (χ4n) is 2.52. The van der Waals surface area contributed by atoms with Crippen molar-refractivity contribution in [3.63, 3.8) is 0 Å². The van der Waals surface area contributed by atoms with Gasteiger partial charge in [-0.3, -0.25) is 9.59 Å². The van der Waals surface area contributed by atoms with Crippen LogP contribution in [0.3, 0.4) is 0 Å². The Kier molecular flexibility index (Phi) is 5.98. The molecule has 6 nitrogen and oxygen atoms in total. The molecule has 0 fully saturated rings. The van der Waals surface area contributed by atoms with E-state index in [9.17, 15) is 9.59 Å². The molecular formula is C17H25N3O3. The lowest BCUT2D eigenvalue weighted by molar-refractivity contribution is -0.118. The van der Waals surface area contributed by atoms with Gasteiger partial charge in [0, 0.05) is 25.8 Å². The lowest BCUT2D eigenvalue weighted by atomic mass is 9.95. The Morgan fingerprint density at radius 2 is 2.17 bits per heavy atom. The van der Waals surface area contributed by atoms with Crippen molar-refractivity contribution in [3.8, 4) is 0 Å². The van der Waals surface area contributed by atoms with Crippen molar-refractivity contribution in [3.05, 3.63) is 23.8 Å². The fourth-order valence-corrected chi connectivity index (χ4v) is 2.52. The maximum Gasteiger partial charge on any atom is 0.251 e. The Balaban J connectivity index is 2.04. The zero-order chi connectivity index (χ0) is 16.8. The molecule has 1 aliphatic heterocycles. The van der Waals surface area contributed by atoms with E-state index in [2.05, 4.69) is 22.9 Å². The second-order valence-corrected chi connectivity index (χ2v) is 5.86. The van der Waals surface area contributed by atoms with E-state index in [0.717, 1.165) is 18.5 Å². The molecule has 1 aromatic rings. The molecule has 0 saturated heterocycles. The minimum atomic E-state index is -0.235. The Bertz CT molecular complexity index is 574. The highest BCUT2D eigenvalue weighted by Gasteiger charge is 2.29. The van der Waals surface area contributed by atoms with Gasteiger partial charge in [0.25, 0.3) is 5.91 Å². The summed E-state index contributed by atoms with van der Waals surface area (Å²) in [6, 6.07) is 5.08. The largest absolute Gasteiger partial charge is 0.385 e. The van der Waals surface area contributed by atoms with Crippen molar-refractivity contribution in [1.82, 2.24) is 5.32 Å². The molecule has 0 unspecified atom stereocenters. The van der Waals surface area contributed by atoms with Crippen LogP contribution in [0.2, 0.25) is 0 Å². The third-order valence-corrected chi connectivity index (χ3v) is 4.16. The number of fused-ring (bicyclic) bond motifs is 1. The maximum absolute atomic E-state index is 12.2. The number of hydrogen-bond donors (Lipinski definition) is 3. The van der Waals surface area contributed by atoms with Crippen LogP contribution < -0.4 is 16.0 Å². The van der Waals surface area contributed by atoms with Gasteiger partial charge in [0.2, 0.25) is 5.91 Å². The van der Waals surface area contributed by atoms with Crippen molar-refractivity contribution in [2.24, 2.45) is 5.92 Å². The summed E-state index contributed by atoms with van der Waals surface area (Å²) >= 11 is 0. The maximum atomic E-state index is 12.2. The molecule has 1 aromatic carbocycles. The molecule has 23 heavy (non-hydrogen) atoms. The first-order chi connectivity index (χ1) is 11.1. The van der Waals surface area contributed by atoms with Gasteiger partial charge in [-0.25, -0.2) is 0 Å². The van der Waals surface area contributed by atoms with Gasteiger partial charge in [0.15, 0.2) is 0 Å². The number of amides is 2. The summed E-state index contributed by atoms with van der Waals surface area (Å²) in [7, 11) is 1.63. The molecule has 1 aliphatic rings. The van der Waals surface area contributed by atoms with Crippen LogP contribution in [-0.2, 0) is 9.53 Å². The first-order valence-electron chi connectivity index (χ1n) is 8.05. The number of carbonyl (C=O) groups excluding carboxylic acids is 2. The van der Waals surface area contributed by atoms with Gasteiger partial charge < -0.3 is 20.7 Å². The van der Waals surface area contributed by atoms with E-state index in [1.807, 2.05) is 13.0 Å². The Morgan fingerprint density at radius 1 is 1.39 bits per heavy atom. The van der Waals surface area contributed by atoms with Crippen molar-refractivity contribution >= 4 is 23.2 Å². The number of hydrogen-bond acceptors (Lipinski definition) is 4. The number of anilines is 2. The SMILES string of the molecule is CC[C@H](C)[C@H]1Nc2ccc(C(=O)NCCCOC)cc2NC1=O. The monoisotopic (exact) mass is 319 g/mol. The number of benzene rings is 1. The predicted octanol–water partition coefficient (Wildman–Crippen LogP) is 2.23. The first kappa shape index (κ1) is 17.3. The van der Waals surface area contributed by atoms with Crippen LogP contribution in [0.25, 0.3) is 0 Å². The van der Waals surface area contributed by atoms with Crippen molar-refractivity contribution in [2.45, 2.75) is 32.7 Å². The third-order valence-electron chi connectivity index (χ3n) is 4.16. The number of methoxy groups -OCH3 is 1. The van der Waals surface area contributed by atoms with Crippen LogP contribution in [0.1, 0.15) is 37.0 Å². The van der Waals surface area contributed by atoms with Crippen LogP contribution in [0, 0.1) is 5.92 Å². The molecule has 2 amide bonds. The Morgan fingerprint density at radius 3 is 2.87 bits per heavy atom. The lowest BCUT2D eigenvalue weighted by Gasteiger charge is -2.30. The van der Waals surface area contributed by atoms with Crippen molar-refractivity contribution in [1.29, 1.82) is 0 Å². The second-order valence-electron chi connectivity index (χ2n) is 5.86.